The lowest BCUT2D eigenvalue weighted by Crippen LogP contribution is -2.23. The van der Waals surface area contributed by atoms with E-state index in [1.54, 1.807) is 24.3 Å². The highest BCUT2D eigenvalue weighted by molar-refractivity contribution is 7.89. The van der Waals surface area contributed by atoms with Crippen LogP contribution in [0.5, 0.6) is 0 Å². The fourth-order valence-electron chi connectivity index (χ4n) is 1.50. The molecule has 2 rings (SSSR count). The van der Waals surface area contributed by atoms with E-state index in [9.17, 15) is 8.42 Å². The molecule has 0 aliphatic carbocycles. The lowest BCUT2D eigenvalue weighted by molar-refractivity contribution is 0.581. The summed E-state index contributed by atoms with van der Waals surface area (Å²) < 4.78 is 26.5. The van der Waals surface area contributed by atoms with Gasteiger partial charge in [-0.25, -0.2) is 18.1 Å². The van der Waals surface area contributed by atoms with Gasteiger partial charge in [0.15, 0.2) is 0 Å². The van der Waals surface area contributed by atoms with Crippen LogP contribution in [0.1, 0.15) is 11.3 Å². The third kappa shape index (κ3) is 3.33. The van der Waals surface area contributed by atoms with Crippen molar-refractivity contribution in [1.82, 2.24) is 9.71 Å². The third-order valence-corrected chi connectivity index (χ3v) is 4.33. The summed E-state index contributed by atoms with van der Waals surface area (Å²) in [4.78, 5) is 3.73. The number of sulfonamides is 1. The molecule has 1 aromatic heterocycles. The van der Waals surface area contributed by atoms with Crippen LogP contribution < -0.4 is 4.72 Å². The summed E-state index contributed by atoms with van der Waals surface area (Å²) in [6.07, 6.45) is 1.15. The number of rotatable bonds is 4. The molecule has 0 radical (unpaired) electrons. The Morgan fingerprint density at radius 2 is 2.00 bits per heavy atom. The quantitative estimate of drug-likeness (QED) is 0.937. The SMILES string of the molecule is N#Cc1ccc(S(=O)(=O)NCc2ccccc2Cl)cn1. The summed E-state index contributed by atoms with van der Waals surface area (Å²) >= 11 is 5.96. The first-order valence-corrected chi connectivity index (χ1v) is 7.48. The van der Waals surface area contributed by atoms with Gasteiger partial charge in [-0.15, -0.1) is 0 Å². The summed E-state index contributed by atoms with van der Waals surface area (Å²) in [5, 5.41) is 9.12. The molecule has 0 unspecified atom stereocenters. The van der Waals surface area contributed by atoms with E-state index in [1.165, 1.54) is 12.1 Å². The average Bonchev–Trinajstić information content (AvgIpc) is 2.46. The van der Waals surface area contributed by atoms with E-state index >= 15 is 0 Å². The van der Waals surface area contributed by atoms with Crippen LogP contribution in [0, 0.1) is 11.3 Å². The summed E-state index contributed by atoms with van der Waals surface area (Å²) in [7, 11) is -3.68. The van der Waals surface area contributed by atoms with Crippen molar-refractivity contribution in [3.05, 3.63) is 58.9 Å². The van der Waals surface area contributed by atoms with Crippen LogP contribution >= 0.6 is 11.6 Å². The molecule has 0 aliphatic rings. The Balaban J connectivity index is 2.15. The average molecular weight is 308 g/mol. The molecule has 2 aromatic rings. The number of halogens is 1. The molecule has 20 heavy (non-hydrogen) atoms. The summed E-state index contributed by atoms with van der Waals surface area (Å²) in [5.74, 6) is 0. The molecule has 0 fully saturated rings. The van der Waals surface area contributed by atoms with E-state index in [0.717, 1.165) is 6.20 Å². The first-order valence-electron chi connectivity index (χ1n) is 5.62. The van der Waals surface area contributed by atoms with Crippen LogP contribution in [-0.2, 0) is 16.6 Å². The van der Waals surface area contributed by atoms with Gasteiger partial charge in [0.05, 0.1) is 0 Å². The predicted molar refractivity (Wildman–Crippen MR) is 74.4 cm³/mol. The Morgan fingerprint density at radius 3 is 2.60 bits per heavy atom. The zero-order valence-electron chi connectivity index (χ0n) is 10.2. The number of nitrogens with zero attached hydrogens (tertiary/aromatic N) is 2. The van der Waals surface area contributed by atoms with Crippen molar-refractivity contribution in [2.75, 3.05) is 0 Å². The monoisotopic (exact) mass is 307 g/mol. The van der Waals surface area contributed by atoms with E-state index < -0.39 is 10.0 Å². The van der Waals surface area contributed by atoms with Crippen LogP contribution in [0.4, 0.5) is 0 Å². The lowest BCUT2D eigenvalue weighted by Gasteiger charge is -2.07. The molecule has 0 spiro atoms. The van der Waals surface area contributed by atoms with Gasteiger partial charge in [-0.2, -0.15) is 5.26 Å². The lowest BCUT2D eigenvalue weighted by atomic mass is 10.2. The molecule has 0 bridgehead atoms. The first kappa shape index (κ1) is 14.5. The van der Waals surface area contributed by atoms with E-state index in [4.69, 9.17) is 16.9 Å². The smallest absolute Gasteiger partial charge is 0.242 e. The fourth-order valence-corrected chi connectivity index (χ4v) is 2.66. The Kier molecular flexibility index (Phi) is 4.35. The van der Waals surface area contributed by atoms with Gasteiger partial charge in [0.25, 0.3) is 0 Å². The molecule has 1 N–H and O–H groups in total. The van der Waals surface area contributed by atoms with Gasteiger partial charge in [-0.3, -0.25) is 0 Å². The van der Waals surface area contributed by atoms with Crippen molar-refractivity contribution in [1.29, 1.82) is 5.26 Å². The van der Waals surface area contributed by atoms with E-state index in [0.29, 0.717) is 10.6 Å². The summed E-state index contributed by atoms with van der Waals surface area (Å²) in [5.41, 5.74) is 0.842. The molecule has 7 heteroatoms. The summed E-state index contributed by atoms with van der Waals surface area (Å²) in [6.45, 7) is 0.0853. The minimum absolute atomic E-state index is 0.00329. The van der Waals surface area contributed by atoms with E-state index in [1.807, 2.05) is 6.07 Å². The second-order valence-corrected chi connectivity index (χ2v) is 6.08. The van der Waals surface area contributed by atoms with E-state index in [2.05, 4.69) is 9.71 Å². The van der Waals surface area contributed by atoms with Gasteiger partial charge < -0.3 is 0 Å². The number of hydrogen-bond donors (Lipinski definition) is 1. The minimum Gasteiger partial charge on any atom is -0.244 e. The van der Waals surface area contributed by atoms with Crippen LogP contribution in [0.3, 0.4) is 0 Å². The first-order chi connectivity index (χ1) is 9.53. The maximum atomic E-state index is 12.0. The highest BCUT2D eigenvalue weighted by Gasteiger charge is 2.14. The number of aromatic nitrogens is 1. The van der Waals surface area contributed by atoms with Crippen molar-refractivity contribution in [2.45, 2.75) is 11.4 Å². The zero-order chi connectivity index (χ0) is 14.6. The number of nitrogens with one attached hydrogen (secondary N) is 1. The Hall–Kier alpha value is -1.94. The van der Waals surface area contributed by atoms with Crippen molar-refractivity contribution in [3.63, 3.8) is 0 Å². The molecule has 0 atom stereocenters. The maximum absolute atomic E-state index is 12.0. The van der Waals surface area contributed by atoms with Gasteiger partial charge in [0, 0.05) is 17.8 Å². The third-order valence-electron chi connectivity index (χ3n) is 2.57. The second kappa shape index (κ2) is 6.01. The summed E-state index contributed by atoms with van der Waals surface area (Å²) in [6, 6.07) is 11.5. The highest BCUT2D eigenvalue weighted by atomic mass is 35.5. The van der Waals surface area contributed by atoms with Crippen molar-refractivity contribution in [2.24, 2.45) is 0 Å². The number of hydrogen-bond acceptors (Lipinski definition) is 4. The van der Waals surface area contributed by atoms with Gasteiger partial charge in [0.1, 0.15) is 16.7 Å². The molecule has 0 saturated carbocycles. The molecule has 0 aliphatic heterocycles. The topological polar surface area (TPSA) is 82.8 Å². The van der Waals surface area contributed by atoms with Crippen LogP contribution in [0.2, 0.25) is 5.02 Å². The second-order valence-electron chi connectivity index (χ2n) is 3.91. The fraction of sp³-hybridized carbons (Fsp3) is 0.0769. The Bertz CT molecular complexity index is 752. The van der Waals surface area contributed by atoms with Crippen molar-refractivity contribution < 1.29 is 8.42 Å². The van der Waals surface area contributed by atoms with Gasteiger partial charge >= 0.3 is 0 Å². The standard InChI is InChI=1S/C13H10ClN3O2S/c14-13-4-2-1-3-10(13)8-17-20(18,19)12-6-5-11(7-15)16-9-12/h1-6,9,17H,8H2. The van der Waals surface area contributed by atoms with Crippen molar-refractivity contribution in [3.8, 4) is 6.07 Å². The van der Waals surface area contributed by atoms with Crippen LogP contribution in [-0.4, -0.2) is 13.4 Å². The van der Waals surface area contributed by atoms with Gasteiger partial charge in [0.2, 0.25) is 10.0 Å². The maximum Gasteiger partial charge on any atom is 0.242 e. The molecule has 1 aromatic carbocycles. The molecule has 5 nitrogen and oxygen atoms in total. The Labute approximate surface area is 121 Å². The van der Waals surface area contributed by atoms with Gasteiger partial charge in [-0.1, -0.05) is 29.8 Å². The minimum atomic E-state index is -3.68. The van der Waals surface area contributed by atoms with Crippen molar-refractivity contribution >= 4 is 21.6 Å². The normalized spacial score (nSPS) is 11.0. The highest BCUT2D eigenvalue weighted by Crippen LogP contribution is 2.15. The molecule has 0 saturated heterocycles. The predicted octanol–water partition coefficient (Wildman–Crippen LogP) is 2.09. The molecule has 0 amide bonds. The zero-order valence-corrected chi connectivity index (χ0v) is 11.8. The van der Waals surface area contributed by atoms with Gasteiger partial charge in [-0.05, 0) is 23.8 Å². The van der Waals surface area contributed by atoms with Crippen LogP contribution in [0.15, 0.2) is 47.5 Å². The molecular formula is C13H10ClN3O2S. The van der Waals surface area contributed by atoms with Crippen LogP contribution in [0.25, 0.3) is 0 Å². The Morgan fingerprint density at radius 1 is 1.25 bits per heavy atom. The number of pyridine rings is 1. The molecule has 102 valence electrons. The number of benzene rings is 1. The molecular weight excluding hydrogens is 298 g/mol. The van der Waals surface area contributed by atoms with E-state index in [-0.39, 0.29) is 17.1 Å². The largest absolute Gasteiger partial charge is 0.244 e. The number of nitriles is 1. The molecule has 1 heterocycles.